The molecule has 12 heteroatoms. The van der Waals surface area contributed by atoms with Crippen LogP contribution in [0.3, 0.4) is 0 Å². The number of amides is 1. The third kappa shape index (κ3) is 4.56. The monoisotopic (exact) mass is 573 g/mol. The SMILES string of the molecule is COc1nn(C2CC2)cc1-n1cc2c(-c3nc(-c4ccc(C(N)=O)cc4OCC(F)F)n(C)c3C3CC3)cccc2n1. The molecule has 216 valence electrons. The van der Waals surface area contributed by atoms with Gasteiger partial charge in [-0.1, -0.05) is 12.1 Å². The van der Waals surface area contributed by atoms with Crippen LogP contribution in [-0.4, -0.2) is 55.2 Å². The van der Waals surface area contributed by atoms with E-state index in [1.165, 1.54) is 6.07 Å². The summed E-state index contributed by atoms with van der Waals surface area (Å²) in [6.45, 7) is -0.818. The lowest BCUT2D eigenvalue weighted by atomic mass is 10.0. The van der Waals surface area contributed by atoms with Gasteiger partial charge in [0.1, 0.15) is 23.9 Å². The molecule has 2 fully saturated rings. The number of imidazole rings is 1. The van der Waals surface area contributed by atoms with Crippen molar-refractivity contribution in [3.63, 3.8) is 0 Å². The summed E-state index contributed by atoms with van der Waals surface area (Å²) in [4.78, 5) is 16.9. The molecule has 2 saturated carbocycles. The Kier molecular flexibility index (Phi) is 6.21. The zero-order chi connectivity index (χ0) is 29.1. The van der Waals surface area contributed by atoms with Gasteiger partial charge in [0.15, 0.2) is 0 Å². The number of hydrogen-bond acceptors (Lipinski definition) is 6. The number of alkyl halides is 2. The first-order valence-electron chi connectivity index (χ1n) is 13.9. The molecule has 10 nitrogen and oxygen atoms in total. The van der Waals surface area contributed by atoms with Crippen molar-refractivity contribution in [3.8, 4) is 40.0 Å². The number of nitrogens with two attached hydrogens (primary N) is 1. The number of rotatable bonds is 10. The van der Waals surface area contributed by atoms with E-state index in [0.29, 0.717) is 29.2 Å². The van der Waals surface area contributed by atoms with Gasteiger partial charge < -0.3 is 19.8 Å². The summed E-state index contributed by atoms with van der Waals surface area (Å²) in [5.41, 5.74) is 10.4. The predicted molar refractivity (Wildman–Crippen MR) is 151 cm³/mol. The van der Waals surface area contributed by atoms with Crippen molar-refractivity contribution in [2.45, 2.75) is 44.1 Å². The Bertz CT molecular complexity index is 1830. The number of benzene rings is 2. The van der Waals surface area contributed by atoms with Gasteiger partial charge in [0.05, 0.1) is 36.1 Å². The summed E-state index contributed by atoms with van der Waals surface area (Å²) in [5.74, 6) is 0.809. The number of carbonyl (C=O) groups excluding carboxylic acids is 1. The second kappa shape index (κ2) is 9.97. The van der Waals surface area contributed by atoms with Gasteiger partial charge in [-0.25, -0.2) is 18.4 Å². The smallest absolute Gasteiger partial charge is 0.272 e. The molecule has 0 radical (unpaired) electrons. The predicted octanol–water partition coefficient (Wildman–Crippen LogP) is 5.25. The first-order chi connectivity index (χ1) is 20.3. The van der Waals surface area contributed by atoms with Gasteiger partial charge in [-0.15, -0.1) is 5.10 Å². The van der Waals surface area contributed by atoms with E-state index >= 15 is 0 Å². The summed E-state index contributed by atoms with van der Waals surface area (Å²) < 4.78 is 43.0. The lowest BCUT2D eigenvalue weighted by molar-refractivity contribution is 0.0821. The lowest BCUT2D eigenvalue weighted by Gasteiger charge is -2.13. The van der Waals surface area contributed by atoms with Gasteiger partial charge in [-0.3, -0.25) is 9.48 Å². The van der Waals surface area contributed by atoms with Gasteiger partial charge in [-0.2, -0.15) is 5.10 Å². The van der Waals surface area contributed by atoms with Crippen LogP contribution in [0.1, 0.15) is 53.7 Å². The highest BCUT2D eigenvalue weighted by molar-refractivity contribution is 5.96. The van der Waals surface area contributed by atoms with E-state index in [4.69, 9.17) is 25.3 Å². The third-order valence-electron chi connectivity index (χ3n) is 7.82. The number of carbonyl (C=O) groups is 1. The van der Waals surface area contributed by atoms with Gasteiger partial charge in [0.2, 0.25) is 5.91 Å². The van der Waals surface area contributed by atoms with E-state index in [1.807, 2.05) is 46.9 Å². The fourth-order valence-corrected chi connectivity index (χ4v) is 5.47. The third-order valence-corrected chi connectivity index (χ3v) is 7.82. The molecule has 3 heterocycles. The number of ether oxygens (including phenoxy) is 2. The van der Waals surface area contributed by atoms with Crippen LogP contribution in [0.4, 0.5) is 8.78 Å². The molecule has 0 bridgehead atoms. The van der Waals surface area contributed by atoms with Gasteiger partial charge in [-0.05, 0) is 49.9 Å². The first kappa shape index (κ1) is 26.2. The average molecular weight is 574 g/mol. The summed E-state index contributed by atoms with van der Waals surface area (Å²) in [6.07, 6.45) is 5.49. The molecule has 2 aliphatic rings. The number of nitrogens with zero attached hydrogens (tertiary/aromatic N) is 6. The minimum absolute atomic E-state index is 0.124. The van der Waals surface area contributed by atoms with E-state index in [2.05, 4.69) is 5.10 Å². The maximum Gasteiger partial charge on any atom is 0.272 e. The molecule has 2 aliphatic carbocycles. The molecule has 42 heavy (non-hydrogen) atoms. The molecule has 2 aromatic carbocycles. The van der Waals surface area contributed by atoms with Crippen molar-refractivity contribution in [3.05, 3.63) is 60.0 Å². The standard InChI is InChI=1S/C30H29F2N7O3/c1-37-27(16-6-7-16)26(34-29(37)20-11-8-17(28(33)40)12-24(20)42-15-25(31)32)19-4-3-5-22-21(19)13-39(35-22)23-14-38(18-9-10-18)36-30(23)41-2/h3-5,8,11-14,16,18,25H,6-7,9-10,15H2,1-2H3,(H2,33,40). The molecular formula is C30H29F2N7O3. The summed E-state index contributed by atoms with van der Waals surface area (Å²) >= 11 is 0. The number of hydrogen-bond donors (Lipinski definition) is 1. The second-order valence-electron chi connectivity index (χ2n) is 10.8. The van der Waals surface area contributed by atoms with Crippen LogP contribution < -0.4 is 15.2 Å². The molecule has 7 rings (SSSR count). The van der Waals surface area contributed by atoms with E-state index < -0.39 is 18.9 Å². The molecule has 0 unspecified atom stereocenters. The van der Waals surface area contributed by atoms with Crippen molar-refractivity contribution in [1.82, 2.24) is 29.1 Å². The van der Waals surface area contributed by atoms with Crippen LogP contribution in [0.25, 0.3) is 39.2 Å². The van der Waals surface area contributed by atoms with Crippen LogP contribution in [0.2, 0.25) is 0 Å². The molecule has 5 aromatic rings. The van der Waals surface area contributed by atoms with E-state index in [0.717, 1.165) is 59.2 Å². The van der Waals surface area contributed by atoms with Crippen molar-refractivity contribution >= 4 is 16.8 Å². The largest absolute Gasteiger partial charge is 0.487 e. The number of aromatic nitrogens is 6. The van der Waals surface area contributed by atoms with E-state index in [-0.39, 0.29) is 11.3 Å². The van der Waals surface area contributed by atoms with Crippen LogP contribution in [0, 0.1) is 0 Å². The number of primary amides is 1. The topological polar surface area (TPSA) is 115 Å². The molecule has 2 N–H and O–H groups in total. The maximum atomic E-state index is 13.1. The van der Waals surface area contributed by atoms with Crippen molar-refractivity contribution in [1.29, 1.82) is 0 Å². The van der Waals surface area contributed by atoms with Crippen LogP contribution in [0.15, 0.2) is 48.8 Å². The normalized spacial score (nSPS) is 15.1. The molecule has 0 atom stereocenters. The first-order valence-corrected chi connectivity index (χ1v) is 13.9. The van der Waals surface area contributed by atoms with Crippen LogP contribution in [0.5, 0.6) is 11.6 Å². The van der Waals surface area contributed by atoms with Crippen molar-refractivity contribution < 1.29 is 23.0 Å². The Morgan fingerprint density at radius 1 is 1.10 bits per heavy atom. The highest BCUT2D eigenvalue weighted by Gasteiger charge is 2.33. The van der Waals surface area contributed by atoms with E-state index in [1.54, 1.807) is 23.9 Å². The van der Waals surface area contributed by atoms with Gasteiger partial charge in [0.25, 0.3) is 12.3 Å². The number of halogens is 2. The Balaban J connectivity index is 1.36. The minimum Gasteiger partial charge on any atom is -0.487 e. The van der Waals surface area contributed by atoms with Crippen LogP contribution >= 0.6 is 0 Å². The molecule has 0 saturated heterocycles. The summed E-state index contributed by atoms with van der Waals surface area (Å²) in [5, 5.41) is 10.3. The minimum atomic E-state index is -2.68. The average Bonchev–Trinajstić information content (AvgIpc) is 3.89. The maximum absolute atomic E-state index is 13.1. The zero-order valence-corrected chi connectivity index (χ0v) is 23.1. The van der Waals surface area contributed by atoms with Crippen molar-refractivity contribution in [2.75, 3.05) is 13.7 Å². The summed E-state index contributed by atoms with van der Waals surface area (Å²) in [7, 11) is 3.52. The molecule has 0 spiro atoms. The second-order valence-corrected chi connectivity index (χ2v) is 10.8. The molecule has 3 aromatic heterocycles. The molecule has 0 aliphatic heterocycles. The van der Waals surface area contributed by atoms with Gasteiger partial charge in [0, 0.05) is 41.4 Å². The molecule has 1 amide bonds. The molecular weight excluding hydrogens is 544 g/mol. The fraction of sp³-hybridized carbons (Fsp3) is 0.333. The lowest BCUT2D eigenvalue weighted by Crippen LogP contribution is -2.13. The summed E-state index contributed by atoms with van der Waals surface area (Å²) in [6, 6.07) is 10.9. The Morgan fingerprint density at radius 3 is 2.60 bits per heavy atom. The van der Waals surface area contributed by atoms with Crippen molar-refractivity contribution in [2.24, 2.45) is 12.8 Å². The van der Waals surface area contributed by atoms with Gasteiger partial charge >= 0.3 is 0 Å². The van der Waals surface area contributed by atoms with Crippen LogP contribution in [-0.2, 0) is 7.05 Å². The highest BCUT2D eigenvalue weighted by atomic mass is 19.3. The Hall–Kier alpha value is -4.74. The zero-order valence-electron chi connectivity index (χ0n) is 23.1. The quantitative estimate of drug-likeness (QED) is 0.244. The number of fused-ring (bicyclic) bond motifs is 1. The Labute approximate surface area is 239 Å². The van der Waals surface area contributed by atoms with E-state index in [9.17, 15) is 13.6 Å². The highest BCUT2D eigenvalue weighted by Crippen LogP contribution is 2.47. The fourth-order valence-electron chi connectivity index (χ4n) is 5.47. The number of methoxy groups -OCH3 is 1. The Morgan fingerprint density at radius 2 is 1.90 bits per heavy atom.